The molecular formula is C25H38O2. The van der Waals surface area contributed by atoms with Crippen LogP contribution >= 0.6 is 0 Å². The highest BCUT2D eigenvalue weighted by molar-refractivity contribution is 5.54. The third kappa shape index (κ3) is 4.70. The van der Waals surface area contributed by atoms with Gasteiger partial charge in [-0.3, -0.25) is 0 Å². The SMILES string of the molecule is CCCCCCCCCCc1cc(O)c2c(c1)OC(C)(C)C1CC(C)=CC21. The Hall–Kier alpha value is -1.44. The Morgan fingerprint density at radius 2 is 1.70 bits per heavy atom. The van der Waals surface area contributed by atoms with Crippen LogP contribution in [0.1, 0.15) is 103 Å². The Labute approximate surface area is 166 Å². The van der Waals surface area contributed by atoms with E-state index in [4.69, 9.17) is 4.74 Å². The molecule has 1 N–H and O–H groups in total. The van der Waals surface area contributed by atoms with Crippen LogP contribution in [0.2, 0.25) is 0 Å². The van der Waals surface area contributed by atoms with Crippen molar-refractivity contribution in [3.63, 3.8) is 0 Å². The Morgan fingerprint density at radius 1 is 1.04 bits per heavy atom. The van der Waals surface area contributed by atoms with Crippen LogP contribution in [0, 0.1) is 5.92 Å². The van der Waals surface area contributed by atoms with E-state index in [1.165, 1.54) is 62.5 Å². The van der Waals surface area contributed by atoms with Crippen LogP contribution in [0.5, 0.6) is 11.5 Å². The molecule has 0 fully saturated rings. The maximum Gasteiger partial charge on any atom is 0.127 e. The summed E-state index contributed by atoms with van der Waals surface area (Å²) in [5.74, 6) is 2.05. The van der Waals surface area contributed by atoms with Crippen molar-refractivity contribution in [2.24, 2.45) is 5.92 Å². The molecule has 0 amide bonds. The average molecular weight is 371 g/mol. The Balaban J connectivity index is 1.60. The number of benzene rings is 1. The van der Waals surface area contributed by atoms with Crippen molar-refractivity contribution in [1.29, 1.82) is 0 Å². The van der Waals surface area contributed by atoms with E-state index in [2.05, 4.69) is 39.8 Å². The predicted molar refractivity (Wildman–Crippen MR) is 114 cm³/mol. The third-order valence-corrected chi connectivity index (χ3v) is 6.54. The highest BCUT2D eigenvalue weighted by atomic mass is 16.5. The normalized spacial score (nSPS) is 22.7. The minimum atomic E-state index is -0.185. The second kappa shape index (κ2) is 8.71. The van der Waals surface area contributed by atoms with Gasteiger partial charge in [-0.2, -0.15) is 0 Å². The first kappa shape index (κ1) is 20.3. The molecule has 1 aliphatic carbocycles. The van der Waals surface area contributed by atoms with E-state index in [0.29, 0.717) is 17.6 Å². The number of aromatic hydroxyl groups is 1. The number of phenolic OH excluding ortho intramolecular Hbond substituents is 1. The molecule has 1 aromatic rings. The number of aryl methyl sites for hydroxylation is 1. The van der Waals surface area contributed by atoms with E-state index in [1.54, 1.807) is 0 Å². The zero-order valence-corrected chi connectivity index (χ0v) is 17.8. The van der Waals surface area contributed by atoms with Crippen molar-refractivity contribution in [3.8, 4) is 11.5 Å². The highest BCUT2D eigenvalue weighted by Crippen LogP contribution is 2.54. The maximum absolute atomic E-state index is 10.8. The van der Waals surface area contributed by atoms with E-state index >= 15 is 0 Å². The summed E-state index contributed by atoms with van der Waals surface area (Å²) in [6.07, 6.45) is 15.1. The number of unbranched alkanes of at least 4 members (excludes halogenated alkanes) is 7. The molecule has 1 heterocycles. The van der Waals surface area contributed by atoms with Gasteiger partial charge in [0, 0.05) is 17.4 Å². The van der Waals surface area contributed by atoms with Crippen molar-refractivity contribution in [2.45, 2.75) is 103 Å². The minimum absolute atomic E-state index is 0.185. The molecule has 0 saturated carbocycles. The lowest BCUT2D eigenvalue weighted by atomic mass is 9.75. The van der Waals surface area contributed by atoms with Crippen molar-refractivity contribution in [3.05, 3.63) is 34.9 Å². The molecule has 0 aromatic heterocycles. The lowest BCUT2D eigenvalue weighted by Gasteiger charge is -2.42. The number of allylic oxidation sites excluding steroid dienone is 2. The lowest BCUT2D eigenvalue weighted by Crippen LogP contribution is -2.42. The molecule has 2 nitrogen and oxygen atoms in total. The molecule has 0 bridgehead atoms. The molecule has 1 aromatic carbocycles. The van der Waals surface area contributed by atoms with E-state index in [1.807, 2.05) is 6.07 Å². The fourth-order valence-corrected chi connectivity index (χ4v) is 4.98. The van der Waals surface area contributed by atoms with Crippen LogP contribution in [0.25, 0.3) is 0 Å². The first-order valence-corrected chi connectivity index (χ1v) is 11.1. The van der Waals surface area contributed by atoms with E-state index in [0.717, 1.165) is 24.2 Å². The first-order chi connectivity index (χ1) is 12.9. The smallest absolute Gasteiger partial charge is 0.127 e. The van der Waals surface area contributed by atoms with Gasteiger partial charge in [0.25, 0.3) is 0 Å². The van der Waals surface area contributed by atoms with Crippen LogP contribution in [0.4, 0.5) is 0 Å². The Morgan fingerprint density at radius 3 is 2.41 bits per heavy atom. The summed E-state index contributed by atoms with van der Waals surface area (Å²) in [6.45, 7) is 8.86. The number of ether oxygens (including phenoxy) is 1. The van der Waals surface area contributed by atoms with E-state index in [9.17, 15) is 5.11 Å². The van der Waals surface area contributed by atoms with Gasteiger partial charge in [-0.25, -0.2) is 0 Å². The summed E-state index contributed by atoms with van der Waals surface area (Å²) in [7, 11) is 0. The predicted octanol–water partition coefficient (Wildman–Crippen LogP) is 7.30. The van der Waals surface area contributed by atoms with Gasteiger partial charge in [-0.05, 0) is 57.7 Å². The fraction of sp³-hybridized carbons (Fsp3) is 0.680. The van der Waals surface area contributed by atoms with Crippen molar-refractivity contribution in [2.75, 3.05) is 0 Å². The van der Waals surface area contributed by atoms with Gasteiger partial charge in [-0.15, -0.1) is 0 Å². The van der Waals surface area contributed by atoms with Crippen molar-refractivity contribution < 1.29 is 9.84 Å². The average Bonchev–Trinajstić information content (AvgIpc) is 2.99. The molecule has 2 heteroatoms. The van der Waals surface area contributed by atoms with Crippen LogP contribution < -0.4 is 4.74 Å². The number of phenols is 1. The monoisotopic (exact) mass is 370 g/mol. The maximum atomic E-state index is 10.8. The van der Waals surface area contributed by atoms with Gasteiger partial charge in [0.15, 0.2) is 0 Å². The topological polar surface area (TPSA) is 29.5 Å². The van der Waals surface area contributed by atoms with Gasteiger partial charge in [0.2, 0.25) is 0 Å². The van der Waals surface area contributed by atoms with Crippen molar-refractivity contribution in [1.82, 2.24) is 0 Å². The number of fused-ring (bicyclic) bond motifs is 3. The van der Waals surface area contributed by atoms with E-state index < -0.39 is 0 Å². The Bertz CT molecular complexity index is 671. The quantitative estimate of drug-likeness (QED) is 0.365. The van der Waals surface area contributed by atoms with Crippen LogP contribution in [-0.4, -0.2) is 10.7 Å². The largest absolute Gasteiger partial charge is 0.507 e. The molecule has 1 aliphatic heterocycles. The Kier molecular flexibility index (Phi) is 6.55. The fourth-order valence-electron chi connectivity index (χ4n) is 4.98. The summed E-state index contributed by atoms with van der Waals surface area (Å²) < 4.78 is 6.39. The first-order valence-electron chi connectivity index (χ1n) is 11.1. The summed E-state index contributed by atoms with van der Waals surface area (Å²) in [5.41, 5.74) is 3.45. The molecule has 0 saturated heterocycles. The molecular weight excluding hydrogens is 332 g/mol. The summed E-state index contributed by atoms with van der Waals surface area (Å²) in [5, 5.41) is 10.8. The van der Waals surface area contributed by atoms with Crippen molar-refractivity contribution >= 4 is 0 Å². The zero-order chi connectivity index (χ0) is 19.4. The molecule has 150 valence electrons. The van der Waals surface area contributed by atoms with Crippen LogP contribution in [-0.2, 0) is 6.42 Å². The van der Waals surface area contributed by atoms with Crippen LogP contribution in [0.3, 0.4) is 0 Å². The third-order valence-electron chi connectivity index (χ3n) is 6.54. The summed E-state index contributed by atoms with van der Waals surface area (Å²) in [4.78, 5) is 0. The zero-order valence-electron chi connectivity index (χ0n) is 17.8. The standard InChI is InChI=1S/C25H38O2/c1-5-6-7-8-9-10-11-12-13-19-16-22(26)24-20-14-18(2)15-21(20)25(3,4)27-23(24)17-19/h14,16-17,20-21,26H,5-13,15H2,1-4H3. The summed E-state index contributed by atoms with van der Waals surface area (Å²) >= 11 is 0. The molecule has 0 spiro atoms. The lowest BCUT2D eigenvalue weighted by molar-refractivity contribution is 0.0224. The number of hydrogen-bond acceptors (Lipinski definition) is 2. The molecule has 27 heavy (non-hydrogen) atoms. The number of hydrogen-bond donors (Lipinski definition) is 1. The molecule has 0 radical (unpaired) electrons. The van der Waals surface area contributed by atoms with Crippen LogP contribution in [0.15, 0.2) is 23.8 Å². The minimum Gasteiger partial charge on any atom is -0.507 e. The number of rotatable bonds is 9. The second-order valence-corrected chi connectivity index (χ2v) is 9.31. The van der Waals surface area contributed by atoms with Gasteiger partial charge < -0.3 is 9.84 Å². The van der Waals surface area contributed by atoms with Gasteiger partial charge in [-0.1, -0.05) is 63.5 Å². The second-order valence-electron chi connectivity index (χ2n) is 9.31. The molecule has 2 atom stereocenters. The van der Waals surface area contributed by atoms with Gasteiger partial charge in [0.1, 0.15) is 17.1 Å². The summed E-state index contributed by atoms with van der Waals surface area (Å²) in [6, 6.07) is 4.18. The molecule has 3 rings (SSSR count). The highest BCUT2D eigenvalue weighted by Gasteiger charge is 2.46. The van der Waals surface area contributed by atoms with Gasteiger partial charge in [0.05, 0.1) is 0 Å². The molecule has 2 aliphatic rings. The van der Waals surface area contributed by atoms with Gasteiger partial charge >= 0.3 is 0 Å². The van der Waals surface area contributed by atoms with E-state index in [-0.39, 0.29) is 5.60 Å². The molecule has 2 unspecified atom stereocenters.